The van der Waals surface area contributed by atoms with E-state index in [1.165, 1.54) is 12.8 Å². The summed E-state index contributed by atoms with van der Waals surface area (Å²) in [5.74, 6) is 3.28. The maximum atomic E-state index is 5.80. The Kier molecular flexibility index (Phi) is 5.75. The van der Waals surface area contributed by atoms with E-state index in [9.17, 15) is 0 Å². The van der Waals surface area contributed by atoms with E-state index < -0.39 is 0 Å². The monoisotopic (exact) mass is 357 g/mol. The number of rotatable bonds is 7. The molecule has 2 aliphatic carbocycles. The molecule has 5 heteroatoms. The van der Waals surface area contributed by atoms with Gasteiger partial charge in [0.05, 0.1) is 12.7 Å². The van der Waals surface area contributed by atoms with Crippen LogP contribution in [0.25, 0.3) is 0 Å². The van der Waals surface area contributed by atoms with Crippen LogP contribution in [0.1, 0.15) is 36.3 Å². The lowest BCUT2D eigenvalue weighted by atomic mass is 9.92. The molecular formula is C21H31N3O2. The predicted octanol–water partition coefficient (Wildman–Crippen LogP) is 2.32. The molecule has 1 aromatic rings. The molecule has 2 fully saturated rings. The highest BCUT2D eigenvalue weighted by atomic mass is 16.5. The van der Waals surface area contributed by atoms with Crippen molar-refractivity contribution < 1.29 is 9.47 Å². The minimum atomic E-state index is 0.300. The van der Waals surface area contributed by atoms with E-state index in [1.807, 2.05) is 7.05 Å². The molecule has 1 saturated heterocycles. The largest absolute Gasteiger partial charge is 0.379 e. The average Bonchev–Trinajstić information content (AvgIpc) is 3.14. The summed E-state index contributed by atoms with van der Waals surface area (Å²) in [6.45, 7) is 4.27. The van der Waals surface area contributed by atoms with Crippen molar-refractivity contribution in [3.05, 3.63) is 35.4 Å². The molecule has 0 amide bonds. The number of ether oxygens (including phenoxy) is 2. The molecule has 0 aromatic heterocycles. The summed E-state index contributed by atoms with van der Waals surface area (Å²) >= 11 is 0. The number of aryl methyl sites for hydroxylation is 1. The maximum Gasteiger partial charge on any atom is 0.190 e. The van der Waals surface area contributed by atoms with Gasteiger partial charge < -0.3 is 20.1 Å². The molecule has 26 heavy (non-hydrogen) atoms. The molecule has 1 heterocycles. The highest BCUT2D eigenvalue weighted by Crippen LogP contribution is 2.59. The van der Waals surface area contributed by atoms with Crippen molar-refractivity contribution in [1.29, 1.82) is 0 Å². The van der Waals surface area contributed by atoms with Gasteiger partial charge in [-0.15, -0.1) is 0 Å². The first kappa shape index (κ1) is 17.8. The summed E-state index contributed by atoms with van der Waals surface area (Å²) in [6, 6.07) is 8.98. The van der Waals surface area contributed by atoms with E-state index in [0.717, 1.165) is 69.5 Å². The van der Waals surface area contributed by atoms with Gasteiger partial charge in [0.2, 0.25) is 0 Å². The van der Waals surface area contributed by atoms with Gasteiger partial charge in [0, 0.05) is 33.4 Å². The van der Waals surface area contributed by atoms with Crippen molar-refractivity contribution in [1.82, 2.24) is 10.6 Å². The van der Waals surface area contributed by atoms with Crippen molar-refractivity contribution >= 4 is 5.96 Å². The van der Waals surface area contributed by atoms with Crippen LogP contribution in [-0.4, -0.2) is 52.0 Å². The van der Waals surface area contributed by atoms with Crippen LogP contribution in [0.5, 0.6) is 0 Å². The third kappa shape index (κ3) is 4.04. The van der Waals surface area contributed by atoms with Crippen LogP contribution < -0.4 is 10.6 Å². The van der Waals surface area contributed by atoms with Gasteiger partial charge in [-0.25, -0.2) is 0 Å². The third-order valence-corrected chi connectivity index (χ3v) is 6.08. The zero-order valence-corrected chi connectivity index (χ0v) is 15.7. The van der Waals surface area contributed by atoms with E-state index in [2.05, 4.69) is 39.9 Å². The molecule has 3 aliphatic rings. The van der Waals surface area contributed by atoms with Crippen molar-refractivity contribution in [3.63, 3.8) is 0 Å². The van der Waals surface area contributed by atoms with E-state index >= 15 is 0 Å². The second-order valence-electron chi connectivity index (χ2n) is 7.68. The Bertz CT molecular complexity index is 627. The first-order valence-corrected chi connectivity index (χ1v) is 10.1. The molecule has 1 aromatic carbocycles. The average molecular weight is 357 g/mol. The van der Waals surface area contributed by atoms with E-state index in [1.54, 1.807) is 11.1 Å². The standard InChI is InChI=1S/C21H31N3O2/c1-22-21(23-10-4-11-26-16-9-12-25-14-16)24-13-19-18-8-7-15-5-2-3-6-17(15)20(18)19/h2-3,5-6,16,18-20H,4,7-14H2,1H3,(H2,22,23,24). The van der Waals surface area contributed by atoms with Gasteiger partial charge in [0.25, 0.3) is 0 Å². The third-order valence-electron chi connectivity index (χ3n) is 6.08. The first-order valence-electron chi connectivity index (χ1n) is 10.1. The van der Waals surface area contributed by atoms with Crippen molar-refractivity contribution in [3.8, 4) is 0 Å². The zero-order valence-electron chi connectivity index (χ0n) is 15.7. The van der Waals surface area contributed by atoms with Crippen molar-refractivity contribution in [2.24, 2.45) is 16.8 Å². The Morgan fingerprint density at radius 2 is 2.19 bits per heavy atom. The molecule has 1 saturated carbocycles. The Hall–Kier alpha value is -1.59. The summed E-state index contributed by atoms with van der Waals surface area (Å²) in [4.78, 5) is 4.36. The van der Waals surface area contributed by atoms with E-state index in [-0.39, 0.29) is 0 Å². The summed E-state index contributed by atoms with van der Waals surface area (Å²) in [5, 5.41) is 6.93. The SMILES string of the molecule is CN=C(NCCCOC1CCOC1)NCC1C2CCc3ccccc3C21. The van der Waals surface area contributed by atoms with Crippen LogP contribution in [0.4, 0.5) is 0 Å². The lowest BCUT2D eigenvalue weighted by molar-refractivity contribution is 0.0420. The lowest BCUT2D eigenvalue weighted by Crippen LogP contribution is -2.39. The second-order valence-corrected chi connectivity index (χ2v) is 7.68. The van der Waals surface area contributed by atoms with Crippen LogP contribution >= 0.6 is 0 Å². The van der Waals surface area contributed by atoms with Crippen molar-refractivity contribution in [2.45, 2.75) is 37.7 Å². The fraction of sp³-hybridized carbons (Fsp3) is 0.667. The second kappa shape index (κ2) is 8.40. The molecule has 142 valence electrons. The van der Waals surface area contributed by atoms with Crippen LogP contribution in [0, 0.1) is 11.8 Å². The molecule has 0 bridgehead atoms. The van der Waals surface area contributed by atoms with Gasteiger partial charge in [-0.1, -0.05) is 24.3 Å². The number of hydrogen-bond acceptors (Lipinski definition) is 3. The minimum Gasteiger partial charge on any atom is -0.379 e. The molecule has 1 aliphatic heterocycles. The summed E-state index contributed by atoms with van der Waals surface area (Å²) in [6.07, 6.45) is 4.89. The molecule has 0 spiro atoms. The quantitative estimate of drug-likeness (QED) is 0.447. The Labute approximate surface area is 156 Å². The molecule has 4 rings (SSSR count). The molecular weight excluding hydrogens is 326 g/mol. The molecule has 4 unspecified atom stereocenters. The van der Waals surface area contributed by atoms with Crippen molar-refractivity contribution in [2.75, 3.05) is 40.0 Å². The lowest BCUT2D eigenvalue weighted by Gasteiger charge is -2.13. The molecule has 2 N–H and O–H groups in total. The molecule has 5 nitrogen and oxygen atoms in total. The van der Waals surface area contributed by atoms with Gasteiger partial charge in [-0.05, 0) is 54.6 Å². The smallest absolute Gasteiger partial charge is 0.190 e. The number of nitrogens with zero attached hydrogens (tertiary/aromatic N) is 1. The van der Waals surface area contributed by atoms with Crippen LogP contribution in [0.15, 0.2) is 29.3 Å². The van der Waals surface area contributed by atoms with Gasteiger partial charge in [0.1, 0.15) is 0 Å². The molecule has 0 radical (unpaired) electrons. The van der Waals surface area contributed by atoms with E-state index in [0.29, 0.717) is 6.10 Å². The predicted molar refractivity (Wildman–Crippen MR) is 104 cm³/mol. The summed E-state index contributed by atoms with van der Waals surface area (Å²) in [7, 11) is 1.84. The van der Waals surface area contributed by atoms with Crippen LogP contribution in [0.2, 0.25) is 0 Å². The number of fused-ring (bicyclic) bond motifs is 3. The topological polar surface area (TPSA) is 54.9 Å². The summed E-state index contributed by atoms with van der Waals surface area (Å²) in [5.41, 5.74) is 3.15. The van der Waals surface area contributed by atoms with E-state index in [4.69, 9.17) is 9.47 Å². The maximum absolute atomic E-state index is 5.80. The number of nitrogens with one attached hydrogen (secondary N) is 2. The minimum absolute atomic E-state index is 0.300. The first-order chi connectivity index (χ1) is 12.9. The van der Waals surface area contributed by atoms with Crippen LogP contribution in [0.3, 0.4) is 0 Å². The fourth-order valence-corrected chi connectivity index (χ4v) is 4.60. The summed E-state index contributed by atoms with van der Waals surface area (Å²) < 4.78 is 11.1. The van der Waals surface area contributed by atoms with Gasteiger partial charge in [0.15, 0.2) is 5.96 Å². The normalized spacial score (nSPS) is 29.8. The van der Waals surface area contributed by atoms with Gasteiger partial charge in [-0.2, -0.15) is 0 Å². The number of hydrogen-bond donors (Lipinski definition) is 2. The van der Waals surface area contributed by atoms with Crippen LogP contribution in [-0.2, 0) is 15.9 Å². The fourth-order valence-electron chi connectivity index (χ4n) is 4.60. The number of benzene rings is 1. The Morgan fingerprint density at radius 3 is 3.04 bits per heavy atom. The zero-order chi connectivity index (χ0) is 17.8. The highest BCUT2D eigenvalue weighted by molar-refractivity contribution is 5.79. The number of guanidine groups is 1. The Balaban J connectivity index is 1.15. The van der Waals surface area contributed by atoms with Gasteiger partial charge >= 0.3 is 0 Å². The number of aliphatic imine (C=N–C) groups is 1. The molecule has 4 atom stereocenters. The van der Waals surface area contributed by atoms with Gasteiger partial charge in [-0.3, -0.25) is 4.99 Å². The Morgan fingerprint density at radius 1 is 1.27 bits per heavy atom. The highest BCUT2D eigenvalue weighted by Gasteiger charge is 2.52.